The number of hydrogen-bond acceptors (Lipinski definition) is 3. The highest BCUT2D eigenvalue weighted by atomic mass is 19.2. The number of halogens is 2. The van der Waals surface area contributed by atoms with Crippen LogP contribution in [-0.4, -0.2) is 34.4 Å². The van der Waals surface area contributed by atoms with Gasteiger partial charge in [0.1, 0.15) is 0 Å². The molecular weight excluding hydrogens is 414 g/mol. The molecule has 0 aliphatic carbocycles. The third-order valence-corrected chi connectivity index (χ3v) is 5.77. The minimum Gasteiger partial charge on any atom is -0.353 e. The summed E-state index contributed by atoms with van der Waals surface area (Å²) in [6.45, 7) is 1.79. The average Bonchev–Trinajstić information content (AvgIpc) is 3.21. The number of rotatable bonds is 5. The summed E-state index contributed by atoms with van der Waals surface area (Å²) in [6, 6.07) is 15.0. The van der Waals surface area contributed by atoms with E-state index >= 15 is 0 Å². The van der Waals surface area contributed by atoms with E-state index in [9.17, 15) is 18.4 Å². The van der Waals surface area contributed by atoms with Gasteiger partial charge in [-0.05, 0) is 41.8 Å². The number of nitrogens with one attached hydrogen (secondary N) is 2. The minimum atomic E-state index is -1.10. The highest BCUT2D eigenvalue weighted by Gasteiger charge is 2.27. The monoisotopic (exact) mass is 438 g/mol. The van der Waals surface area contributed by atoms with Gasteiger partial charge in [0.05, 0.1) is 6.04 Å². The molecule has 0 radical (unpaired) electrons. The first-order valence-corrected chi connectivity index (χ1v) is 10.4. The molecule has 6 nitrogen and oxygen atoms in total. The van der Waals surface area contributed by atoms with Crippen molar-refractivity contribution in [2.75, 3.05) is 18.4 Å². The van der Waals surface area contributed by atoms with Crippen molar-refractivity contribution in [1.82, 2.24) is 14.8 Å². The predicted molar refractivity (Wildman–Crippen MR) is 117 cm³/mol. The molecule has 1 aliphatic heterocycles. The van der Waals surface area contributed by atoms with E-state index in [1.165, 1.54) is 17.2 Å². The Kier molecular flexibility index (Phi) is 6.32. The van der Waals surface area contributed by atoms with Crippen LogP contribution >= 0.6 is 0 Å². The zero-order valence-corrected chi connectivity index (χ0v) is 17.6. The molecule has 0 bridgehead atoms. The number of amides is 2. The number of aromatic nitrogens is 1. The Morgan fingerprint density at radius 2 is 1.78 bits per heavy atom. The molecule has 0 spiro atoms. The van der Waals surface area contributed by atoms with Crippen molar-refractivity contribution >= 4 is 17.5 Å². The highest BCUT2D eigenvalue weighted by Crippen LogP contribution is 2.27. The van der Waals surface area contributed by atoms with Crippen LogP contribution in [-0.2, 0) is 29.6 Å². The largest absolute Gasteiger partial charge is 0.353 e. The van der Waals surface area contributed by atoms with Gasteiger partial charge in [-0.3, -0.25) is 14.5 Å². The molecule has 3 aromatic rings. The number of hydrogen-bond donors (Lipinski definition) is 2. The third kappa shape index (κ3) is 4.70. The molecule has 0 fully saturated rings. The van der Waals surface area contributed by atoms with Crippen LogP contribution in [0.4, 0.5) is 14.5 Å². The Morgan fingerprint density at radius 3 is 2.50 bits per heavy atom. The van der Waals surface area contributed by atoms with Gasteiger partial charge in [-0.15, -0.1) is 0 Å². The first-order valence-electron chi connectivity index (χ1n) is 10.4. The van der Waals surface area contributed by atoms with Crippen LogP contribution in [0.2, 0.25) is 0 Å². The van der Waals surface area contributed by atoms with Gasteiger partial charge in [0.15, 0.2) is 11.6 Å². The molecule has 2 aromatic carbocycles. The van der Waals surface area contributed by atoms with Gasteiger partial charge >= 0.3 is 11.8 Å². The second-order valence-electron chi connectivity index (χ2n) is 7.84. The molecule has 0 saturated heterocycles. The molecule has 0 saturated carbocycles. The summed E-state index contributed by atoms with van der Waals surface area (Å²) in [4.78, 5) is 27.0. The van der Waals surface area contributed by atoms with Crippen LogP contribution in [0.5, 0.6) is 0 Å². The molecule has 1 aliphatic rings. The molecule has 2 N–H and O–H groups in total. The van der Waals surface area contributed by atoms with Gasteiger partial charge in [0, 0.05) is 50.3 Å². The first-order chi connectivity index (χ1) is 15.4. The molecule has 32 heavy (non-hydrogen) atoms. The summed E-state index contributed by atoms with van der Waals surface area (Å²) in [5.74, 6) is -3.91. The molecule has 1 aromatic heterocycles. The smallest absolute Gasteiger partial charge is 0.313 e. The highest BCUT2D eigenvalue weighted by molar-refractivity contribution is 6.39. The second-order valence-corrected chi connectivity index (χ2v) is 7.84. The van der Waals surface area contributed by atoms with Crippen molar-refractivity contribution in [3.63, 3.8) is 0 Å². The van der Waals surface area contributed by atoms with Crippen LogP contribution in [0.1, 0.15) is 22.9 Å². The van der Waals surface area contributed by atoms with E-state index in [2.05, 4.69) is 27.7 Å². The van der Waals surface area contributed by atoms with Gasteiger partial charge in [-0.2, -0.15) is 0 Å². The lowest BCUT2D eigenvalue weighted by Crippen LogP contribution is -2.44. The number of benzene rings is 2. The summed E-state index contributed by atoms with van der Waals surface area (Å²) in [7, 11) is 1.94. The van der Waals surface area contributed by atoms with E-state index in [4.69, 9.17) is 0 Å². The van der Waals surface area contributed by atoms with E-state index in [0.717, 1.165) is 37.3 Å². The Labute approximate surface area is 184 Å². The van der Waals surface area contributed by atoms with Crippen molar-refractivity contribution < 1.29 is 18.4 Å². The fourth-order valence-electron chi connectivity index (χ4n) is 4.06. The summed E-state index contributed by atoms with van der Waals surface area (Å²) >= 11 is 0. The Balaban J connectivity index is 1.45. The van der Waals surface area contributed by atoms with E-state index in [1.54, 1.807) is 0 Å². The maximum atomic E-state index is 13.4. The van der Waals surface area contributed by atoms with Crippen LogP contribution < -0.4 is 10.6 Å². The molecular formula is C24H24F2N4O2. The van der Waals surface area contributed by atoms with Gasteiger partial charge in [0.25, 0.3) is 0 Å². The van der Waals surface area contributed by atoms with Gasteiger partial charge in [0.2, 0.25) is 0 Å². The summed E-state index contributed by atoms with van der Waals surface area (Å²) in [6.07, 6.45) is 2.85. The van der Waals surface area contributed by atoms with Crippen molar-refractivity contribution in [2.24, 2.45) is 7.05 Å². The molecule has 8 heteroatoms. The first kappa shape index (κ1) is 21.7. The molecule has 2 amide bonds. The van der Waals surface area contributed by atoms with Crippen molar-refractivity contribution in [2.45, 2.75) is 19.0 Å². The lowest BCUT2D eigenvalue weighted by Gasteiger charge is -2.36. The van der Waals surface area contributed by atoms with Gasteiger partial charge in [-0.1, -0.05) is 24.3 Å². The topological polar surface area (TPSA) is 66.4 Å². The Morgan fingerprint density at radius 1 is 1.00 bits per heavy atom. The van der Waals surface area contributed by atoms with Gasteiger partial charge < -0.3 is 15.2 Å². The van der Waals surface area contributed by atoms with E-state index in [1.807, 2.05) is 42.1 Å². The Hall–Kier alpha value is -3.52. The molecule has 4 rings (SSSR count). The van der Waals surface area contributed by atoms with Crippen LogP contribution in [0.3, 0.4) is 0 Å². The van der Waals surface area contributed by atoms with E-state index < -0.39 is 23.4 Å². The lowest BCUT2D eigenvalue weighted by molar-refractivity contribution is -0.136. The normalized spacial score (nSPS) is 14.5. The predicted octanol–water partition coefficient (Wildman–Crippen LogP) is 3.16. The fourth-order valence-corrected chi connectivity index (χ4v) is 4.06. The van der Waals surface area contributed by atoms with Crippen molar-refractivity contribution in [3.05, 3.63) is 89.2 Å². The summed E-state index contributed by atoms with van der Waals surface area (Å²) < 4.78 is 28.4. The number of anilines is 1. The number of aryl methyl sites for hydroxylation is 1. The zero-order chi connectivity index (χ0) is 22.7. The average molecular weight is 438 g/mol. The SMILES string of the molecule is Cn1cccc1[C@H](CNC(=O)C(=O)Nc1ccc(F)c(F)c1)N1CCc2ccccc2C1. The molecule has 166 valence electrons. The molecule has 0 unspecified atom stereocenters. The van der Waals surface area contributed by atoms with Crippen molar-refractivity contribution in [3.8, 4) is 0 Å². The van der Waals surface area contributed by atoms with E-state index in [0.29, 0.717) is 0 Å². The number of fused-ring (bicyclic) bond motifs is 1. The number of carbonyl (C=O) groups is 2. The van der Waals surface area contributed by atoms with Crippen LogP contribution in [0.15, 0.2) is 60.8 Å². The number of nitrogens with zero attached hydrogens (tertiary/aromatic N) is 2. The quantitative estimate of drug-likeness (QED) is 0.602. The number of carbonyl (C=O) groups excluding carboxylic acids is 2. The zero-order valence-electron chi connectivity index (χ0n) is 17.6. The lowest BCUT2D eigenvalue weighted by atomic mass is 9.98. The third-order valence-electron chi connectivity index (χ3n) is 5.77. The Bertz CT molecular complexity index is 1140. The molecule has 1 atom stereocenters. The van der Waals surface area contributed by atoms with Crippen LogP contribution in [0, 0.1) is 11.6 Å². The molecule has 2 heterocycles. The summed E-state index contributed by atoms with van der Waals surface area (Å²) in [5, 5.41) is 4.99. The maximum absolute atomic E-state index is 13.4. The van der Waals surface area contributed by atoms with E-state index in [-0.39, 0.29) is 18.3 Å². The fraction of sp³-hybridized carbons (Fsp3) is 0.250. The standard InChI is InChI=1S/C24H24F2N4O2/c1-29-11-4-7-21(29)22(30-12-10-16-5-2-3-6-17(16)15-30)14-27-23(31)24(32)28-18-8-9-19(25)20(26)13-18/h2-9,11,13,22H,10,12,14-15H2,1H3,(H,27,31)(H,28,32)/t22-/m0/s1. The second kappa shape index (κ2) is 9.32. The van der Waals surface area contributed by atoms with Crippen LogP contribution in [0.25, 0.3) is 0 Å². The maximum Gasteiger partial charge on any atom is 0.313 e. The van der Waals surface area contributed by atoms with Gasteiger partial charge in [-0.25, -0.2) is 8.78 Å². The summed E-state index contributed by atoms with van der Waals surface area (Å²) in [5.41, 5.74) is 3.60. The minimum absolute atomic E-state index is 0.00988. The van der Waals surface area contributed by atoms with Crippen molar-refractivity contribution in [1.29, 1.82) is 0 Å².